The number of rotatable bonds is 6. The summed E-state index contributed by atoms with van der Waals surface area (Å²) in [5.41, 5.74) is -0.0386. The molecule has 0 aromatic carbocycles. The lowest BCUT2D eigenvalue weighted by atomic mass is 9.96. The molecule has 0 radical (unpaired) electrons. The van der Waals surface area contributed by atoms with Gasteiger partial charge in [-0.1, -0.05) is 6.92 Å². The number of aromatic nitrogens is 4. The molecular formula is C23H26N6O5S. The highest BCUT2D eigenvalue weighted by atomic mass is 32.1. The third-order valence-corrected chi connectivity index (χ3v) is 7.30. The number of aryl methyl sites for hydroxylation is 1. The van der Waals surface area contributed by atoms with Crippen LogP contribution in [0.5, 0.6) is 0 Å². The van der Waals surface area contributed by atoms with E-state index in [9.17, 15) is 19.5 Å². The predicted molar refractivity (Wildman–Crippen MR) is 129 cm³/mol. The quantitative estimate of drug-likeness (QED) is 0.519. The van der Waals surface area contributed by atoms with Gasteiger partial charge in [-0.3, -0.25) is 14.2 Å². The number of carboxylic acid groups (broad SMARTS) is 1. The van der Waals surface area contributed by atoms with Gasteiger partial charge in [0.25, 0.3) is 0 Å². The van der Waals surface area contributed by atoms with Gasteiger partial charge in [-0.05, 0) is 37.3 Å². The lowest BCUT2D eigenvalue weighted by molar-refractivity contribution is -0.126. The molecule has 11 nitrogen and oxygen atoms in total. The summed E-state index contributed by atoms with van der Waals surface area (Å²) in [5.74, 6) is -0.255. The molecule has 2 aliphatic rings. The first kappa shape index (κ1) is 23.4. The number of carbonyl (C=O) groups excluding carboxylic acids is 1. The Morgan fingerprint density at radius 1 is 1.34 bits per heavy atom. The van der Waals surface area contributed by atoms with Crippen LogP contribution in [0.15, 0.2) is 23.4 Å². The van der Waals surface area contributed by atoms with Gasteiger partial charge >= 0.3 is 5.97 Å². The summed E-state index contributed by atoms with van der Waals surface area (Å²) in [6, 6.07) is 1.76. The summed E-state index contributed by atoms with van der Waals surface area (Å²) in [6.45, 7) is 6.21. The molecule has 3 aromatic rings. The fourth-order valence-corrected chi connectivity index (χ4v) is 5.12. The Bertz CT molecular complexity index is 1330. The van der Waals surface area contributed by atoms with Crippen LogP contribution in [0.3, 0.4) is 0 Å². The minimum absolute atomic E-state index is 0.00236. The monoisotopic (exact) mass is 498 g/mol. The molecule has 0 bridgehead atoms. The van der Waals surface area contributed by atoms with E-state index in [1.807, 2.05) is 4.90 Å². The molecule has 0 spiro atoms. The van der Waals surface area contributed by atoms with E-state index in [0.717, 1.165) is 31.0 Å². The van der Waals surface area contributed by atoms with E-state index in [1.165, 1.54) is 17.1 Å². The van der Waals surface area contributed by atoms with E-state index in [2.05, 4.69) is 26.6 Å². The molecule has 2 N–H and O–H groups in total. The zero-order valence-electron chi connectivity index (χ0n) is 19.4. The summed E-state index contributed by atoms with van der Waals surface area (Å²) < 4.78 is 11.2. The number of hydrogen-bond donors (Lipinski definition) is 2. The van der Waals surface area contributed by atoms with Gasteiger partial charge in [-0.25, -0.2) is 14.8 Å². The Labute approximate surface area is 204 Å². The van der Waals surface area contributed by atoms with Crippen LogP contribution < -0.4 is 15.6 Å². The molecular weight excluding hydrogens is 472 g/mol. The molecule has 2 saturated heterocycles. The minimum Gasteiger partial charge on any atom is -0.477 e. The Kier molecular flexibility index (Phi) is 6.24. The lowest BCUT2D eigenvalue weighted by Gasteiger charge is -2.39. The Morgan fingerprint density at radius 2 is 2.14 bits per heavy atom. The summed E-state index contributed by atoms with van der Waals surface area (Å²) in [6.07, 6.45) is 4.68. The second-order valence-corrected chi connectivity index (χ2v) is 9.99. The van der Waals surface area contributed by atoms with Gasteiger partial charge in [0.2, 0.25) is 16.5 Å². The largest absolute Gasteiger partial charge is 0.477 e. The SMILES string of the molecule is Cc1cc(N2CC(C(=O)NCC3CC(C)CCO3)C2)nc2c1c(=O)c(C(=O)O)cn2-c1ncns1. The average molecular weight is 499 g/mol. The Morgan fingerprint density at radius 3 is 2.83 bits per heavy atom. The summed E-state index contributed by atoms with van der Waals surface area (Å²) in [7, 11) is 0. The van der Waals surface area contributed by atoms with Crippen molar-refractivity contribution >= 4 is 40.3 Å². The molecule has 3 aromatic heterocycles. The van der Waals surface area contributed by atoms with Gasteiger partial charge in [0.15, 0.2) is 5.65 Å². The topological polar surface area (TPSA) is 140 Å². The molecule has 2 unspecified atom stereocenters. The van der Waals surface area contributed by atoms with Crippen LogP contribution in [0, 0.1) is 18.8 Å². The van der Waals surface area contributed by atoms with Crippen LogP contribution in [0.2, 0.25) is 0 Å². The van der Waals surface area contributed by atoms with Crippen LogP contribution in [-0.4, -0.2) is 68.2 Å². The Balaban J connectivity index is 1.36. The normalized spacial score (nSPS) is 20.6. The number of fused-ring (bicyclic) bond motifs is 1. The van der Waals surface area contributed by atoms with Crippen molar-refractivity contribution in [3.63, 3.8) is 0 Å². The van der Waals surface area contributed by atoms with Gasteiger partial charge in [-0.2, -0.15) is 4.37 Å². The van der Waals surface area contributed by atoms with Crippen molar-refractivity contribution in [2.45, 2.75) is 32.8 Å². The van der Waals surface area contributed by atoms with Gasteiger partial charge in [0.1, 0.15) is 17.7 Å². The summed E-state index contributed by atoms with van der Waals surface area (Å²) >= 11 is 1.07. The molecule has 5 rings (SSSR count). The Hall–Kier alpha value is -3.38. The molecule has 5 heterocycles. The molecule has 0 saturated carbocycles. The van der Waals surface area contributed by atoms with Gasteiger partial charge in [0, 0.05) is 44.0 Å². The first-order valence-corrected chi connectivity index (χ1v) is 12.3. The highest BCUT2D eigenvalue weighted by Gasteiger charge is 2.34. The highest BCUT2D eigenvalue weighted by molar-refractivity contribution is 7.08. The van der Waals surface area contributed by atoms with Crippen molar-refractivity contribution in [1.82, 2.24) is 24.2 Å². The van der Waals surface area contributed by atoms with Crippen LogP contribution in [-0.2, 0) is 9.53 Å². The molecule has 0 aliphatic carbocycles. The number of amides is 1. The smallest absolute Gasteiger partial charge is 0.341 e. The fraction of sp³-hybridized carbons (Fsp3) is 0.478. The zero-order chi connectivity index (χ0) is 24.7. The van der Waals surface area contributed by atoms with E-state index < -0.39 is 11.4 Å². The third kappa shape index (κ3) is 4.50. The van der Waals surface area contributed by atoms with Gasteiger partial charge in [0.05, 0.1) is 17.4 Å². The van der Waals surface area contributed by atoms with Crippen molar-refractivity contribution in [3.8, 4) is 5.13 Å². The summed E-state index contributed by atoms with van der Waals surface area (Å²) in [5, 5.41) is 13.2. The number of nitrogens with one attached hydrogen (secondary N) is 1. The average Bonchev–Trinajstić information content (AvgIpc) is 3.31. The van der Waals surface area contributed by atoms with E-state index in [-0.39, 0.29) is 28.9 Å². The van der Waals surface area contributed by atoms with E-state index in [0.29, 0.717) is 47.7 Å². The highest BCUT2D eigenvalue weighted by Crippen LogP contribution is 2.28. The first-order valence-electron chi connectivity index (χ1n) is 11.5. The number of ether oxygens (including phenoxy) is 1. The molecule has 35 heavy (non-hydrogen) atoms. The third-order valence-electron chi connectivity index (χ3n) is 6.64. The van der Waals surface area contributed by atoms with Crippen molar-refractivity contribution in [2.24, 2.45) is 11.8 Å². The van der Waals surface area contributed by atoms with Crippen LogP contribution in [0.4, 0.5) is 5.82 Å². The van der Waals surface area contributed by atoms with E-state index >= 15 is 0 Å². The van der Waals surface area contributed by atoms with Gasteiger partial charge in [-0.15, -0.1) is 0 Å². The van der Waals surface area contributed by atoms with Gasteiger partial charge < -0.3 is 20.1 Å². The van der Waals surface area contributed by atoms with Crippen molar-refractivity contribution in [2.75, 3.05) is 31.1 Å². The van der Waals surface area contributed by atoms with Crippen molar-refractivity contribution in [1.29, 1.82) is 0 Å². The van der Waals surface area contributed by atoms with Crippen LogP contribution >= 0.6 is 11.5 Å². The molecule has 1 amide bonds. The second-order valence-electron chi connectivity index (χ2n) is 9.24. The van der Waals surface area contributed by atoms with E-state index in [1.54, 1.807) is 13.0 Å². The zero-order valence-corrected chi connectivity index (χ0v) is 20.2. The maximum absolute atomic E-state index is 12.9. The minimum atomic E-state index is -1.32. The van der Waals surface area contributed by atoms with Crippen molar-refractivity contribution in [3.05, 3.63) is 39.9 Å². The molecule has 12 heteroatoms. The molecule has 184 valence electrons. The molecule has 2 fully saturated rings. The first-order chi connectivity index (χ1) is 16.8. The van der Waals surface area contributed by atoms with Crippen molar-refractivity contribution < 1.29 is 19.4 Å². The number of anilines is 1. The number of nitrogens with zero attached hydrogens (tertiary/aromatic N) is 5. The number of aromatic carboxylic acids is 1. The number of hydrogen-bond acceptors (Lipinski definition) is 9. The van der Waals surface area contributed by atoms with Crippen LogP contribution in [0.25, 0.3) is 16.2 Å². The lowest BCUT2D eigenvalue weighted by Crippen LogP contribution is -2.55. The predicted octanol–water partition coefficient (Wildman–Crippen LogP) is 1.61. The standard InChI is InChI=1S/C23H26N6O5S/c1-12-3-4-34-15(5-12)7-24-21(31)14-8-28(9-14)17-6-13(2)18-19(30)16(22(32)33)10-29(20(18)27-17)23-25-11-26-35-23/h6,10-12,14-15H,3-5,7-9H2,1-2H3,(H,24,31)(H,32,33). The number of carboxylic acids is 1. The number of carbonyl (C=O) groups is 2. The van der Waals surface area contributed by atoms with E-state index in [4.69, 9.17) is 4.74 Å². The molecule has 2 aliphatic heterocycles. The summed E-state index contributed by atoms with van der Waals surface area (Å²) in [4.78, 5) is 48.0. The maximum atomic E-state index is 12.9. The fourth-order valence-electron chi connectivity index (χ4n) is 4.61. The number of pyridine rings is 2. The van der Waals surface area contributed by atoms with Crippen LogP contribution in [0.1, 0.15) is 35.7 Å². The maximum Gasteiger partial charge on any atom is 0.341 e. The second kappa shape index (κ2) is 9.34. The molecule has 2 atom stereocenters.